The standard InChI is InChI=1S/C23H27.C20H21.C2H7Si.2ClH.Zr/c1-6-16(2)19-14-18-8-7-9-21(22(18)15-19)17-10-12-20(13-11-17)23(3,4)5;1-4-15(3)16-8-10-17(11-9-16)19-7-5-6-18-12-14(2)13-20(18)19;1-3-2;;;/h7-16H,6H2,1-5H3;5-13,15H,4H2,1-3H3;3H,1-2H3;2*1H;/q;;;;;+2/p-2. The molecule has 0 nitrogen and oxygen atoms in total. The van der Waals surface area contributed by atoms with Gasteiger partial charge in [-0.1, -0.05) is 0 Å². The van der Waals surface area contributed by atoms with E-state index in [0.717, 1.165) is 12.8 Å². The van der Waals surface area contributed by atoms with Gasteiger partial charge in [-0.3, -0.25) is 0 Å². The summed E-state index contributed by atoms with van der Waals surface area (Å²) in [7, 11) is 17.4. The number of rotatable bonds is 9. The fraction of sp³-hybridized carbons (Fsp3) is 0.378. The third-order valence-corrected chi connectivity index (χ3v) is 64.2. The van der Waals surface area contributed by atoms with Crippen LogP contribution in [0.15, 0.2) is 96.1 Å². The van der Waals surface area contributed by atoms with E-state index in [9.17, 15) is 0 Å². The molecule has 2 aliphatic rings. The van der Waals surface area contributed by atoms with E-state index in [1.165, 1.54) is 66.8 Å². The summed E-state index contributed by atoms with van der Waals surface area (Å²) >= 11 is -4.84. The molecule has 2 aliphatic carbocycles. The second-order valence-electron chi connectivity index (χ2n) is 16.5. The number of halogens is 2. The first-order chi connectivity index (χ1) is 23.1. The van der Waals surface area contributed by atoms with Gasteiger partial charge in [-0.05, 0) is 0 Å². The van der Waals surface area contributed by atoms with Gasteiger partial charge in [0.15, 0.2) is 0 Å². The van der Waals surface area contributed by atoms with Crippen molar-refractivity contribution in [2.75, 3.05) is 0 Å². The molecule has 4 unspecified atom stereocenters. The van der Waals surface area contributed by atoms with Crippen LogP contribution in [0.5, 0.6) is 0 Å². The fourth-order valence-electron chi connectivity index (χ4n) is 8.70. The molecule has 0 fully saturated rings. The molecule has 49 heavy (non-hydrogen) atoms. The van der Waals surface area contributed by atoms with Crippen molar-refractivity contribution in [2.24, 2.45) is 5.92 Å². The zero-order valence-corrected chi connectivity index (χ0v) is 36.4. The number of benzene rings is 4. The first-order valence-electron chi connectivity index (χ1n) is 18.6. The number of allylic oxidation sites excluding steroid dienone is 2. The van der Waals surface area contributed by atoms with Crippen LogP contribution in [-0.4, -0.2) is 5.92 Å². The van der Waals surface area contributed by atoms with Crippen LogP contribution in [-0.2, 0) is 21.0 Å². The van der Waals surface area contributed by atoms with Crippen LogP contribution in [0.1, 0.15) is 115 Å². The van der Waals surface area contributed by atoms with Gasteiger partial charge in [0.25, 0.3) is 0 Å². The molecule has 0 spiro atoms. The summed E-state index contributed by atoms with van der Waals surface area (Å²) in [6, 6.07) is 32.2. The van der Waals surface area contributed by atoms with Crippen molar-refractivity contribution >= 4 is 35.1 Å². The van der Waals surface area contributed by atoms with E-state index in [0.29, 0.717) is 11.8 Å². The summed E-state index contributed by atoms with van der Waals surface area (Å²) < 4.78 is 0.178. The predicted molar refractivity (Wildman–Crippen MR) is 218 cm³/mol. The van der Waals surface area contributed by atoms with E-state index in [1.807, 2.05) is 0 Å². The molecule has 0 saturated carbocycles. The summed E-state index contributed by atoms with van der Waals surface area (Å²) in [4.78, 5) is 0. The first kappa shape index (κ1) is 36.8. The minimum atomic E-state index is -4.84. The van der Waals surface area contributed by atoms with Crippen molar-refractivity contribution in [1.29, 1.82) is 0 Å². The molecule has 0 heterocycles. The van der Waals surface area contributed by atoms with Crippen molar-refractivity contribution in [3.8, 4) is 22.3 Å². The molecular formula is C45H55Cl2SiZr. The van der Waals surface area contributed by atoms with E-state index in [2.05, 4.69) is 166 Å². The molecule has 0 radical (unpaired) electrons. The van der Waals surface area contributed by atoms with Crippen LogP contribution in [0.25, 0.3) is 34.4 Å². The molecular weight excluding hydrogens is 731 g/mol. The maximum absolute atomic E-state index is 8.68. The molecule has 0 saturated heterocycles. The second kappa shape index (κ2) is 13.5. The Balaban J connectivity index is 1.52. The van der Waals surface area contributed by atoms with Crippen LogP contribution in [0.4, 0.5) is 0 Å². The third kappa shape index (κ3) is 6.20. The normalized spacial score (nSPS) is 19.5. The van der Waals surface area contributed by atoms with Gasteiger partial charge in [-0.15, -0.1) is 0 Å². The van der Waals surface area contributed by atoms with Crippen molar-refractivity contribution in [3.63, 3.8) is 0 Å². The average Bonchev–Trinajstić information content (AvgIpc) is 3.66. The minimum absolute atomic E-state index is 0.0870. The van der Waals surface area contributed by atoms with E-state index in [-0.39, 0.29) is 12.7 Å². The van der Waals surface area contributed by atoms with Gasteiger partial charge >= 0.3 is 308 Å². The number of hydrogen-bond donors (Lipinski definition) is 0. The van der Waals surface area contributed by atoms with E-state index in [1.54, 1.807) is 0 Å². The topological polar surface area (TPSA) is 0 Å². The van der Waals surface area contributed by atoms with Crippen LogP contribution in [0, 0.1) is 5.92 Å². The molecule has 0 N–H and O–H groups in total. The van der Waals surface area contributed by atoms with Crippen molar-refractivity contribution in [2.45, 2.75) is 99.9 Å². The van der Waals surface area contributed by atoms with Crippen molar-refractivity contribution in [1.82, 2.24) is 0 Å². The Morgan fingerprint density at radius 3 is 1.65 bits per heavy atom. The van der Waals surface area contributed by atoms with Gasteiger partial charge in [0.05, 0.1) is 0 Å². The molecule has 0 aliphatic heterocycles. The van der Waals surface area contributed by atoms with Crippen molar-refractivity contribution in [3.05, 3.63) is 129 Å². The van der Waals surface area contributed by atoms with Gasteiger partial charge in [0.1, 0.15) is 0 Å². The second-order valence-corrected chi connectivity index (χ2v) is 59.0. The predicted octanol–water partition coefficient (Wildman–Crippen LogP) is 14.5. The van der Waals surface area contributed by atoms with Crippen LogP contribution < -0.4 is 0 Å². The SMILES string of the molecule is CCC(C)C1=Cc2c(-c3ccc(C(C)(C)C)cc3)cccc2[CH]1[Zr]([Cl])([Cl])([CH]1C(C)=Cc2c(-c3ccc(C(C)CC)cc3)cccc21)[SiH](C)C. The summed E-state index contributed by atoms with van der Waals surface area (Å²) in [5, 5.41) is 0. The van der Waals surface area contributed by atoms with Crippen LogP contribution in [0.2, 0.25) is 13.1 Å². The van der Waals surface area contributed by atoms with Gasteiger partial charge in [0, 0.05) is 0 Å². The Bertz CT molecular complexity index is 1920. The average molecular weight is 786 g/mol. The summed E-state index contributed by atoms with van der Waals surface area (Å²) in [6.45, 7) is 23.3. The van der Waals surface area contributed by atoms with E-state index < -0.39 is 21.5 Å². The van der Waals surface area contributed by atoms with Gasteiger partial charge in [-0.25, -0.2) is 0 Å². The molecule has 4 atom stereocenters. The summed E-state index contributed by atoms with van der Waals surface area (Å²) in [5.74, 6) is -0.681. The van der Waals surface area contributed by atoms with Crippen molar-refractivity contribution < 1.29 is 15.6 Å². The number of hydrogen-bond acceptors (Lipinski definition) is 0. The summed E-state index contributed by atoms with van der Waals surface area (Å²) in [5.41, 5.74) is 16.2. The molecule has 0 bridgehead atoms. The zero-order chi connectivity index (χ0) is 35.5. The Labute approximate surface area is 305 Å². The maximum atomic E-state index is 8.68. The molecule has 0 amide bonds. The Morgan fingerprint density at radius 1 is 0.673 bits per heavy atom. The zero-order valence-electron chi connectivity index (χ0n) is 31.3. The van der Waals surface area contributed by atoms with Crippen LogP contribution >= 0.6 is 17.0 Å². The first-order valence-corrected chi connectivity index (χ1v) is 34.9. The molecule has 6 rings (SSSR count). The third-order valence-electron chi connectivity index (χ3n) is 12.2. The van der Waals surface area contributed by atoms with E-state index in [4.69, 9.17) is 17.0 Å². The van der Waals surface area contributed by atoms with E-state index >= 15 is 0 Å². The number of fused-ring (bicyclic) bond motifs is 2. The molecule has 0 aromatic heterocycles. The summed E-state index contributed by atoms with van der Waals surface area (Å²) in [6.07, 6.45) is 7.16. The fourth-order valence-corrected chi connectivity index (χ4v) is 40.8. The quantitative estimate of drug-likeness (QED) is 0.148. The Hall–Kier alpha value is -1.96. The van der Waals surface area contributed by atoms with Crippen LogP contribution in [0.3, 0.4) is 0 Å². The molecule has 257 valence electrons. The monoisotopic (exact) mass is 783 g/mol. The van der Waals surface area contributed by atoms with Gasteiger partial charge in [0.2, 0.25) is 0 Å². The Morgan fingerprint density at radius 2 is 1.16 bits per heavy atom. The molecule has 4 heteroatoms. The Kier molecular flexibility index (Phi) is 10.2. The van der Waals surface area contributed by atoms with Gasteiger partial charge < -0.3 is 0 Å². The van der Waals surface area contributed by atoms with Gasteiger partial charge in [-0.2, -0.15) is 0 Å². The molecule has 4 aromatic carbocycles. The molecule has 4 aromatic rings.